The number of hydrogen-bond donors (Lipinski definition) is 0. The molecule has 0 N–H and O–H groups in total. The SMILES string of the molecule is CC(C)c1ccc(N(c2ccc(N(c3ccc(C(C)C)cc3)c3ccc4c(c3)C(C)(C)c3cc5c6ccccc6c6ccccc6c5cc3-4)cc2)c2ccc3c(c2)C(C)(C)c2ccccc2-3)cc1. The Bertz CT molecular complexity index is 3610. The minimum Gasteiger partial charge on any atom is -0.310 e. The molecule has 0 aromatic heterocycles. The molecular weight excluding hydrogens is 821 g/mol. The molecule has 0 unspecified atom stereocenters. The van der Waals surface area contributed by atoms with E-state index in [1.54, 1.807) is 0 Å². The van der Waals surface area contributed by atoms with Gasteiger partial charge < -0.3 is 9.80 Å². The summed E-state index contributed by atoms with van der Waals surface area (Å²) in [5.74, 6) is 0.899. The van der Waals surface area contributed by atoms with Crippen LogP contribution in [0.5, 0.6) is 0 Å². The Morgan fingerprint density at radius 3 is 1.06 bits per heavy atom. The highest BCUT2D eigenvalue weighted by Gasteiger charge is 2.38. The summed E-state index contributed by atoms with van der Waals surface area (Å²) in [5.41, 5.74) is 20.0. The van der Waals surface area contributed by atoms with Crippen LogP contribution in [-0.4, -0.2) is 0 Å². The Morgan fingerprint density at radius 2 is 0.603 bits per heavy atom. The van der Waals surface area contributed by atoms with Gasteiger partial charge in [-0.25, -0.2) is 0 Å². The van der Waals surface area contributed by atoms with Crippen molar-refractivity contribution in [2.24, 2.45) is 0 Å². The third kappa shape index (κ3) is 6.45. The molecule has 0 saturated carbocycles. The molecule has 2 heteroatoms. The molecule has 0 fully saturated rings. The molecule has 68 heavy (non-hydrogen) atoms. The molecule has 2 aliphatic rings. The first-order valence-corrected chi connectivity index (χ1v) is 24.6. The molecule has 12 rings (SSSR count). The van der Waals surface area contributed by atoms with Crippen molar-refractivity contribution in [2.75, 3.05) is 9.80 Å². The van der Waals surface area contributed by atoms with Crippen LogP contribution in [0.4, 0.5) is 34.1 Å². The van der Waals surface area contributed by atoms with Crippen LogP contribution < -0.4 is 9.80 Å². The Kier molecular flexibility index (Phi) is 9.61. The molecule has 0 bridgehead atoms. The van der Waals surface area contributed by atoms with Gasteiger partial charge in [0, 0.05) is 45.0 Å². The highest BCUT2D eigenvalue weighted by atomic mass is 15.2. The Labute approximate surface area is 402 Å². The van der Waals surface area contributed by atoms with Gasteiger partial charge >= 0.3 is 0 Å². The van der Waals surface area contributed by atoms with E-state index in [1.165, 1.54) is 88.0 Å². The van der Waals surface area contributed by atoms with Crippen molar-refractivity contribution in [2.45, 2.75) is 78.1 Å². The van der Waals surface area contributed by atoms with E-state index >= 15 is 0 Å². The zero-order chi connectivity index (χ0) is 46.6. The fourth-order valence-electron chi connectivity index (χ4n) is 11.8. The van der Waals surface area contributed by atoms with E-state index in [9.17, 15) is 0 Å². The predicted molar refractivity (Wildman–Crippen MR) is 292 cm³/mol. The van der Waals surface area contributed by atoms with Gasteiger partial charge in [-0.05, 0) is 185 Å². The molecule has 332 valence electrons. The van der Waals surface area contributed by atoms with Gasteiger partial charge in [0.2, 0.25) is 0 Å². The molecule has 2 nitrogen and oxygen atoms in total. The maximum atomic E-state index is 2.50. The van der Waals surface area contributed by atoms with Crippen LogP contribution in [0.25, 0.3) is 54.6 Å². The van der Waals surface area contributed by atoms with E-state index in [1.807, 2.05) is 0 Å². The zero-order valence-electron chi connectivity index (χ0n) is 40.5. The third-order valence-electron chi connectivity index (χ3n) is 15.6. The largest absolute Gasteiger partial charge is 0.310 e. The summed E-state index contributed by atoms with van der Waals surface area (Å²) < 4.78 is 0. The Balaban J connectivity index is 0.982. The lowest BCUT2D eigenvalue weighted by atomic mass is 9.81. The van der Waals surface area contributed by atoms with Crippen LogP contribution >= 0.6 is 0 Å². The summed E-state index contributed by atoms with van der Waals surface area (Å²) >= 11 is 0. The second kappa shape index (κ2) is 15.6. The molecule has 0 saturated heterocycles. The first-order chi connectivity index (χ1) is 32.9. The topological polar surface area (TPSA) is 6.48 Å². The zero-order valence-corrected chi connectivity index (χ0v) is 40.5. The number of hydrogen-bond acceptors (Lipinski definition) is 2. The maximum absolute atomic E-state index is 2.50. The fourth-order valence-corrected chi connectivity index (χ4v) is 11.8. The number of benzene rings is 10. The van der Waals surface area contributed by atoms with Crippen LogP contribution in [-0.2, 0) is 10.8 Å². The van der Waals surface area contributed by atoms with Gasteiger partial charge in [0.05, 0.1) is 0 Å². The van der Waals surface area contributed by atoms with Crippen molar-refractivity contribution < 1.29 is 0 Å². The van der Waals surface area contributed by atoms with Crippen molar-refractivity contribution in [3.05, 3.63) is 228 Å². The molecule has 0 heterocycles. The van der Waals surface area contributed by atoms with Gasteiger partial charge in [0.15, 0.2) is 0 Å². The summed E-state index contributed by atoms with van der Waals surface area (Å²) in [5, 5.41) is 7.88. The van der Waals surface area contributed by atoms with Crippen LogP contribution in [0, 0.1) is 0 Å². The average Bonchev–Trinajstić information content (AvgIpc) is 3.72. The molecule has 0 atom stereocenters. The van der Waals surface area contributed by atoms with Crippen LogP contribution in [0.1, 0.15) is 101 Å². The Morgan fingerprint density at radius 1 is 0.279 bits per heavy atom. The van der Waals surface area contributed by atoms with Crippen LogP contribution in [0.2, 0.25) is 0 Å². The fraction of sp³-hybridized carbons (Fsp3) is 0.182. The van der Waals surface area contributed by atoms with Crippen molar-refractivity contribution in [1.82, 2.24) is 0 Å². The molecule has 0 amide bonds. The smallest absolute Gasteiger partial charge is 0.0465 e. The molecule has 0 spiro atoms. The van der Waals surface area contributed by atoms with E-state index in [2.05, 4.69) is 259 Å². The van der Waals surface area contributed by atoms with Gasteiger partial charge in [0.1, 0.15) is 0 Å². The number of rotatable bonds is 8. The minimum absolute atomic E-state index is 0.105. The highest BCUT2D eigenvalue weighted by Crippen LogP contribution is 2.54. The highest BCUT2D eigenvalue weighted by molar-refractivity contribution is 6.26. The normalized spacial score (nSPS) is 14.1. The molecule has 10 aromatic carbocycles. The lowest BCUT2D eigenvalue weighted by Crippen LogP contribution is -2.17. The lowest BCUT2D eigenvalue weighted by molar-refractivity contribution is 0.660. The third-order valence-corrected chi connectivity index (χ3v) is 15.6. The first kappa shape index (κ1) is 42.0. The van der Waals surface area contributed by atoms with E-state index in [0.29, 0.717) is 11.8 Å². The predicted octanol–water partition coefficient (Wildman–Crippen LogP) is 18.9. The molecule has 10 aromatic rings. The van der Waals surface area contributed by atoms with Crippen LogP contribution in [0.15, 0.2) is 194 Å². The summed E-state index contributed by atoms with van der Waals surface area (Å²) in [6.07, 6.45) is 0. The standard InChI is InChI=1S/C66H58N2/c1-41(2)43-21-25-45(26-22-43)67(49-33-35-56-55-19-13-14-20-61(55)65(5,6)62(56)37-49)47-29-31-48(32-30-47)68(46-27-23-44(24-28-46)42(3)4)50-34-36-57-60-39-58-53-17-11-9-15-51(53)52-16-10-12-18-54(52)59(58)40-64(60)66(7,8)63(57)38-50/h9-42H,1-8H3. The van der Waals surface area contributed by atoms with Gasteiger partial charge in [-0.1, -0.05) is 165 Å². The van der Waals surface area contributed by atoms with Gasteiger partial charge in [-0.15, -0.1) is 0 Å². The number of anilines is 6. The van der Waals surface area contributed by atoms with Gasteiger partial charge in [-0.2, -0.15) is 0 Å². The minimum atomic E-state index is -0.212. The monoisotopic (exact) mass is 878 g/mol. The second-order valence-electron chi connectivity index (χ2n) is 21.0. The van der Waals surface area contributed by atoms with E-state index < -0.39 is 0 Å². The van der Waals surface area contributed by atoms with Crippen molar-refractivity contribution in [3.8, 4) is 22.3 Å². The van der Waals surface area contributed by atoms with Crippen molar-refractivity contribution in [3.63, 3.8) is 0 Å². The maximum Gasteiger partial charge on any atom is 0.0465 e. The van der Waals surface area contributed by atoms with E-state index in [4.69, 9.17) is 0 Å². The molecule has 2 aliphatic carbocycles. The van der Waals surface area contributed by atoms with Gasteiger partial charge in [-0.3, -0.25) is 0 Å². The van der Waals surface area contributed by atoms with E-state index in [-0.39, 0.29) is 10.8 Å². The Hall–Kier alpha value is -7.42. The van der Waals surface area contributed by atoms with E-state index in [0.717, 1.165) is 34.1 Å². The molecule has 0 radical (unpaired) electrons. The van der Waals surface area contributed by atoms with Crippen molar-refractivity contribution in [1.29, 1.82) is 0 Å². The lowest BCUT2D eigenvalue weighted by Gasteiger charge is -2.30. The second-order valence-corrected chi connectivity index (χ2v) is 21.0. The number of nitrogens with zero attached hydrogens (tertiary/aromatic N) is 2. The molecular formula is C66H58N2. The quantitative estimate of drug-likeness (QED) is 0.140. The average molecular weight is 879 g/mol. The summed E-state index contributed by atoms with van der Waals surface area (Å²) in [6, 6.07) is 73.6. The molecule has 0 aliphatic heterocycles. The summed E-state index contributed by atoms with van der Waals surface area (Å²) in [6.45, 7) is 18.6. The summed E-state index contributed by atoms with van der Waals surface area (Å²) in [7, 11) is 0. The number of fused-ring (bicyclic) bond motifs is 12. The summed E-state index contributed by atoms with van der Waals surface area (Å²) in [4.78, 5) is 4.88. The first-order valence-electron chi connectivity index (χ1n) is 24.6. The van der Waals surface area contributed by atoms with Crippen molar-refractivity contribution >= 4 is 66.4 Å². The van der Waals surface area contributed by atoms with Gasteiger partial charge in [0.25, 0.3) is 0 Å². The van der Waals surface area contributed by atoms with Crippen LogP contribution in [0.3, 0.4) is 0 Å².